The highest BCUT2D eigenvalue weighted by atomic mass is 79.9. The number of nitrogens with zero attached hydrogens (tertiary/aromatic N) is 2. The molecule has 4 nitrogen and oxygen atoms in total. The Hall–Kier alpha value is -2.19. The molecule has 0 fully saturated rings. The van der Waals surface area contributed by atoms with Crippen LogP contribution < -0.4 is 0 Å². The Morgan fingerprint density at radius 2 is 1.81 bits per heavy atom. The summed E-state index contributed by atoms with van der Waals surface area (Å²) in [4.78, 5) is 12.7. The first-order valence-electron chi connectivity index (χ1n) is 7.66. The molecular weight excluding hydrogens is 413 g/mol. The number of carbonyl (C=O) groups excluding carboxylic acids is 1. The van der Waals surface area contributed by atoms with Gasteiger partial charge >= 0.3 is 6.18 Å². The highest BCUT2D eigenvalue weighted by molar-refractivity contribution is 9.10. The highest BCUT2D eigenvalue weighted by Gasteiger charge is 2.63. The van der Waals surface area contributed by atoms with E-state index < -0.39 is 24.2 Å². The van der Waals surface area contributed by atoms with Gasteiger partial charge in [0.2, 0.25) is 0 Å². The van der Waals surface area contributed by atoms with Crippen molar-refractivity contribution in [1.82, 2.24) is 5.01 Å². The first-order valence-corrected chi connectivity index (χ1v) is 8.45. The number of carbonyl (C=O) groups is 1. The summed E-state index contributed by atoms with van der Waals surface area (Å²) in [7, 11) is 0. The molecule has 136 valence electrons. The van der Waals surface area contributed by atoms with E-state index in [1.807, 2.05) is 6.92 Å². The lowest BCUT2D eigenvalue weighted by Gasteiger charge is -2.32. The molecule has 0 radical (unpaired) electrons. The molecule has 0 saturated heterocycles. The van der Waals surface area contributed by atoms with Crippen LogP contribution in [0.25, 0.3) is 0 Å². The molecular formula is C18H14BrF3N2O2. The van der Waals surface area contributed by atoms with Gasteiger partial charge in [-0.25, -0.2) is 0 Å². The Morgan fingerprint density at radius 3 is 2.38 bits per heavy atom. The number of halogens is 4. The van der Waals surface area contributed by atoms with Crippen LogP contribution in [0.5, 0.6) is 0 Å². The molecule has 2 aromatic rings. The number of benzene rings is 2. The van der Waals surface area contributed by atoms with Crippen molar-refractivity contribution in [3.63, 3.8) is 0 Å². The minimum Gasteiger partial charge on any atom is -0.362 e. The van der Waals surface area contributed by atoms with Crippen molar-refractivity contribution >= 4 is 27.5 Å². The maximum absolute atomic E-state index is 13.6. The van der Waals surface area contributed by atoms with E-state index >= 15 is 0 Å². The van der Waals surface area contributed by atoms with E-state index in [2.05, 4.69) is 21.0 Å². The predicted molar refractivity (Wildman–Crippen MR) is 93.6 cm³/mol. The molecule has 1 aliphatic heterocycles. The quantitative estimate of drug-likeness (QED) is 0.779. The molecule has 1 heterocycles. The molecule has 0 saturated carbocycles. The number of aryl methyl sites for hydroxylation is 1. The Balaban J connectivity index is 2.07. The van der Waals surface area contributed by atoms with Gasteiger partial charge in [0.15, 0.2) is 0 Å². The molecule has 0 aromatic heterocycles. The average molecular weight is 427 g/mol. The summed E-state index contributed by atoms with van der Waals surface area (Å²) in [5.41, 5.74) is -2.09. The van der Waals surface area contributed by atoms with Crippen LogP contribution in [0.3, 0.4) is 0 Å². The van der Waals surface area contributed by atoms with Crippen LogP contribution in [0.1, 0.15) is 27.9 Å². The molecule has 1 N–H and O–H groups in total. The van der Waals surface area contributed by atoms with Crippen molar-refractivity contribution < 1.29 is 23.1 Å². The molecule has 26 heavy (non-hydrogen) atoms. The van der Waals surface area contributed by atoms with Gasteiger partial charge in [-0.3, -0.25) is 4.79 Å². The molecule has 0 bridgehead atoms. The van der Waals surface area contributed by atoms with Crippen LogP contribution in [0.4, 0.5) is 13.2 Å². The number of rotatable bonds is 2. The third kappa shape index (κ3) is 3.14. The van der Waals surface area contributed by atoms with Crippen molar-refractivity contribution in [1.29, 1.82) is 0 Å². The maximum atomic E-state index is 13.6. The SMILES string of the molecule is Cc1ccc(C2=NN(C(=O)c3ccccc3Br)[C@](O)(C(F)(F)F)C2)cc1. The van der Waals surface area contributed by atoms with Crippen molar-refractivity contribution in [3.05, 3.63) is 69.7 Å². The van der Waals surface area contributed by atoms with E-state index in [1.165, 1.54) is 18.2 Å². The topological polar surface area (TPSA) is 52.9 Å². The smallest absolute Gasteiger partial charge is 0.362 e. The third-order valence-corrected chi connectivity index (χ3v) is 4.81. The molecule has 1 amide bonds. The van der Waals surface area contributed by atoms with Crippen molar-refractivity contribution in [3.8, 4) is 0 Å². The Kier molecular flexibility index (Phi) is 4.66. The van der Waals surface area contributed by atoms with Crippen LogP contribution in [0, 0.1) is 6.92 Å². The van der Waals surface area contributed by atoms with Crippen LogP contribution in [-0.4, -0.2) is 33.6 Å². The minimum absolute atomic E-state index is 0.00905. The first kappa shape index (κ1) is 18.6. The number of aliphatic hydroxyl groups is 1. The summed E-state index contributed by atoms with van der Waals surface area (Å²) in [6.07, 6.45) is -5.91. The lowest BCUT2D eigenvalue weighted by molar-refractivity contribution is -0.297. The molecule has 8 heteroatoms. The molecule has 0 unspecified atom stereocenters. The maximum Gasteiger partial charge on any atom is 0.438 e. The monoisotopic (exact) mass is 426 g/mol. The number of hydrogen-bond acceptors (Lipinski definition) is 3. The molecule has 0 spiro atoms. The zero-order valence-electron chi connectivity index (χ0n) is 13.6. The largest absolute Gasteiger partial charge is 0.438 e. The van der Waals surface area contributed by atoms with E-state index in [-0.39, 0.29) is 16.3 Å². The van der Waals surface area contributed by atoms with Gasteiger partial charge in [-0.15, -0.1) is 0 Å². The second kappa shape index (κ2) is 6.51. The van der Waals surface area contributed by atoms with Gasteiger partial charge in [-0.2, -0.15) is 23.3 Å². The second-order valence-electron chi connectivity index (χ2n) is 6.00. The highest BCUT2D eigenvalue weighted by Crippen LogP contribution is 2.42. The van der Waals surface area contributed by atoms with Crippen LogP contribution in [0.2, 0.25) is 0 Å². The summed E-state index contributed by atoms with van der Waals surface area (Å²) < 4.78 is 41.1. The van der Waals surface area contributed by atoms with E-state index in [0.29, 0.717) is 10.0 Å². The molecule has 1 atom stereocenters. The van der Waals surface area contributed by atoms with E-state index in [4.69, 9.17) is 0 Å². The van der Waals surface area contributed by atoms with E-state index in [1.54, 1.807) is 30.3 Å². The predicted octanol–water partition coefficient (Wildman–Crippen LogP) is 4.26. The normalized spacial score (nSPS) is 20.2. The molecule has 1 aliphatic rings. The fraction of sp³-hybridized carbons (Fsp3) is 0.222. The van der Waals surface area contributed by atoms with Gasteiger partial charge in [0, 0.05) is 4.47 Å². The zero-order chi connectivity index (χ0) is 19.1. The van der Waals surface area contributed by atoms with E-state index in [9.17, 15) is 23.1 Å². The van der Waals surface area contributed by atoms with Gasteiger partial charge in [0.25, 0.3) is 11.6 Å². The summed E-state index contributed by atoms with van der Waals surface area (Å²) >= 11 is 3.14. The second-order valence-corrected chi connectivity index (χ2v) is 6.86. The van der Waals surface area contributed by atoms with Gasteiger partial charge in [0.1, 0.15) is 0 Å². The number of alkyl halides is 3. The van der Waals surface area contributed by atoms with E-state index in [0.717, 1.165) is 5.56 Å². The standard InChI is InChI=1S/C18H14BrF3N2O2/c1-11-6-8-12(9-7-11)15-10-17(26,18(20,21)22)24(23-15)16(25)13-4-2-3-5-14(13)19/h2-9,26H,10H2,1H3/t17-/m1/s1. The summed E-state index contributed by atoms with van der Waals surface area (Å²) in [6.45, 7) is 1.84. The van der Waals surface area contributed by atoms with Gasteiger partial charge in [0.05, 0.1) is 17.7 Å². The Bertz CT molecular complexity index is 881. The molecule has 3 rings (SSSR count). The van der Waals surface area contributed by atoms with Crippen LogP contribution >= 0.6 is 15.9 Å². The van der Waals surface area contributed by atoms with Crippen LogP contribution in [0.15, 0.2) is 58.1 Å². The number of hydrogen-bond donors (Lipinski definition) is 1. The lowest BCUT2D eigenvalue weighted by atomic mass is 10.00. The average Bonchev–Trinajstić information content (AvgIpc) is 2.94. The van der Waals surface area contributed by atoms with Gasteiger partial charge in [-0.05, 0) is 40.5 Å². The van der Waals surface area contributed by atoms with Crippen LogP contribution in [-0.2, 0) is 0 Å². The van der Waals surface area contributed by atoms with Gasteiger partial charge in [-0.1, -0.05) is 42.0 Å². The summed E-state index contributed by atoms with van der Waals surface area (Å²) in [5.74, 6) is -1.04. The van der Waals surface area contributed by atoms with Crippen molar-refractivity contribution in [2.24, 2.45) is 5.10 Å². The van der Waals surface area contributed by atoms with Crippen molar-refractivity contribution in [2.75, 3.05) is 0 Å². The Labute approximate surface area is 156 Å². The lowest BCUT2D eigenvalue weighted by Crippen LogP contribution is -2.56. The molecule has 0 aliphatic carbocycles. The molecule has 2 aromatic carbocycles. The minimum atomic E-state index is -5.07. The fourth-order valence-corrected chi connectivity index (χ4v) is 3.09. The number of amides is 1. The number of hydrazone groups is 1. The summed E-state index contributed by atoms with van der Waals surface area (Å²) in [5, 5.41) is 14.3. The first-order chi connectivity index (χ1) is 12.1. The fourth-order valence-electron chi connectivity index (χ4n) is 2.64. The summed E-state index contributed by atoms with van der Waals surface area (Å²) in [6, 6.07) is 12.7. The third-order valence-electron chi connectivity index (χ3n) is 4.12. The Morgan fingerprint density at radius 1 is 1.19 bits per heavy atom. The van der Waals surface area contributed by atoms with Gasteiger partial charge < -0.3 is 5.11 Å². The zero-order valence-corrected chi connectivity index (χ0v) is 15.2. The van der Waals surface area contributed by atoms with Crippen molar-refractivity contribution in [2.45, 2.75) is 25.2 Å².